The number of ether oxygens (including phenoxy) is 1. The van der Waals surface area contributed by atoms with Gasteiger partial charge in [-0.15, -0.1) is 0 Å². The molecule has 7 heteroatoms. The third-order valence-electron chi connectivity index (χ3n) is 5.76. The van der Waals surface area contributed by atoms with E-state index in [0.29, 0.717) is 12.5 Å². The maximum Gasteiger partial charge on any atom is 0.130 e. The minimum absolute atomic E-state index is 0.0996. The molecule has 5 nitrogen and oxygen atoms in total. The molecule has 2 heterocycles. The van der Waals surface area contributed by atoms with Crippen molar-refractivity contribution in [3.63, 3.8) is 0 Å². The van der Waals surface area contributed by atoms with Crippen molar-refractivity contribution in [1.82, 2.24) is 10.8 Å². The number of hydrogen-bond acceptors (Lipinski definition) is 7. The van der Waals surface area contributed by atoms with Gasteiger partial charge in [-0.1, -0.05) is 42.4 Å². The normalized spacial score (nSPS) is 21.2. The Balaban J connectivity index is 1.51. The second kappa shape index (κ2) is 8.74. The Hall–Kier alpha value is -0.440. The molecule has 0 saturated heterocycles. The third kappa shape index (κ3) is 5.37. The molecule has 0 aromatic heterocycles. The average molecular weight is 427 g/mol. The maximum absolute atomic E-state index is 10.7. The number of benzene rings is 1. The van der Waals surface area contributed by atoms with Crippen LogP contribution in [0.3, 0.4) is 0 Å². The number of fused-ring (bicyclic) bond motifs is 2. The summed E-state index contributed by atoms with van der Waals surface area (Å²) < 4.78 is 6.07. The molecule has 0 radical (unpaired) electrons. The van der Waals surface area contributed by atoms with Crippen molar-refractivity contribution in [3.8, 4) is 5.75 Å². The maximum atomic E-state index is 10.7. The van der Waals surface area contributed by atoms with E-state index in [2.05, 4.69) is 43.7 Å². The van der Waals surface area contributed by atoms with Gasteiger partial charge in [0.05, 0.1) is 0 Å². The quantitative estimate of drug-likeness (QED) is 0.370. The lowest BCUT2D eigenvalue weighted by Crippen LogP contribution is -2.46. The first kappa shape index (κ1) is 22.2. The SMILES string of the molecule is CC(C)(CC(CNCC(O)C1Cc2cc3c(cc2O1)CSS3)C(C)(C)C)NO. The number of hydrogen-bond donors (Lipinski definition) is 4. The highest BCUT2D eigenvalue weighted by Gasteiger charge is 2.33. The summed E-state index contributed by atoms with van der Waals surface area (Å²) in [5, 5.41) is 23.5. The Kier molecular flexibility index (Phi) is 6.94. The van der Waals surface area contributed by atoms with Crippen LogP contribution in [0.15, 0.2) is 17.0 Å². The number of aliphatic hydroxyl groups excluding tert-OH is 1. The lowest BCUT2D eigenvalue weighted by molar-refractivity contribution is 0.0392. The summed E-state index contributed by atoms with van der Waals surface area (Å²) in [6.45, 7) is 11.9. The minimum atomic E-state index is -0.547. The standard InChI is InChI=1S/C21H34N2O3S2/c1-20(2,3)15(9-21(4,5)23-25)10-22-11-16(24)18-6-13-8-19-14(12-27-28-19)7-17(13)26-18/h7-8,15-16,18,22-25H,6,9-12H2,1-5H3. The van der Waals surface area contributed by atoms with Crippen molar-refractivity contribution in [2.75, 3.05) is 13.1 Å². The fourth-order valence-corrected chi connectivity index (χ4v) is 6.25. The van der Waals surface area contributed by atoms with Gasteiger partial charge in [0, 0.05) is 29.2 Å². The molecule has 3 unspecified atom stereocenters. The second-order valence-corrected chi connectivity index (χ2v) is 12.1. The molecule has 0 amide bonds. The minimum Gasteiger partial charge on any atom is -0.487 e. The second-order valence-electron chi connectivity index (χ2n) is 9.76. The van der Waals surface area contributed by atoms with E-state index in [4.69, 9.17) is 4.74 Å². The fraction of sp³-hybridized carbons (Fsp3) is 0.714. The Morgan fingerprint density at radius 2 is 1.93 bits per heavy atom. The molecule has 3 rings (SSSR count). The zero-order valence-electron chi connectivity index (χ0n) is 17.5. The molecule has 0 fully saturated rings. The summed E-state index contributed by atoms with van der Waals surface area (Å²) >= 11 is 0. The molecule has 3 atom stereocenters. The van der Waals surface area contributed by atoms with Crippen molar-refractivity contribution < 1.29 is 15.1 Å². The summed E-state index contributed by atoms with van der Waals surface area (Å²) in [5.74, 6) is 2.32. The average Bonchev–Trinajstić information content (AvgIpc) is 3.23. The van der Waals surface area contributed by atoms with Crippen molar-refractivity contribution in [3.05, 3.63) is 23.3 Å². The monoisotopic (exact) mass is 426 g/mol. The Morgan fingerprint density at radius 1 is 1.18 bits per heavy atom. The molecule has 2 aliphatic heterocycles. The van der Waals surface area contributed by atoms with Crippen LogP contribution in [-0.2, 0) is 12.2 Å². The van der Waals surface area contributed by atoms with E-state index < -0.39 is 6.10 Å². The molecule has 158 valence electrons. The summed E-state index contributed by atoms with van der Waals surface area (Å²) in [4.78, 5) is 1.34. The highest BCUT2D eigenvalue weighted by Crippen LogP contribution is 2.47. The molecule has 4 N–H and O–H groups in total. The third-order valence-corrected chi connectivity index (χ3v) is 8.12. The molecular weight excluding hydrogens is 392 g/mol. The van der Waals surface area contributed by atoms with Gasteiger partial charge >= 0.3 is 0 Å². The largest absolute Gasteiger partial charge is 0.487 e. The first-order valence-corrected chi connectivity index (χ1v) is 12.3. The Bertz CT molecular complexity index is 658. The highest BCUT2D eigenvalue weighted by molar-refractivity contribution is 8.76. The highest BCUT2D eigenvalue weighted by atomic mass is 33.1. The van der Waals surface area contributed by atoms with Crippen molar-refractivity contribution in [2.45, 2.75) is 75.9 Å². The molecule has 1 aromatic rings. The van der Waals surface area contributed by atoms with Crippen LogP contribution in [0, 0.1) is 11.3 Å². The molecule has 0 aliphatic carbocycles. The van der Waals surface area contributed by atoms with Crippen LogP contribution < -0.4 is 15.5 Å². The lowest BCUT2D eigenvalue weighted by atomic mass is 9.74. The van der Waals surface area contributed by atoms with Gasteiger partial charge in [-0.25, -0.2) is 5.48 Å². The van der Waals surface area contributed by atoms with Gasteiger partial charge in [0.2, 0.25) is 0 Å². The number of rotatable bonds is 8. The molecule has 2 aliphatic rings. The smallest absolute Gasteiger partial charge is 0.130 e. The fourth-order valence-electron chi connectivity index (χ4n) is 3.78. The number of aliphatic hydroxyl groups is 1. The zero-order valence-corrected chi connectivity index (χ0v) is 19.2. The Morgan fingerprint density at radius 3 is 2.61 bits per heavy atom. The number of nitrogens with one attached hydrogen (secondary N) is 2. The van der Waals surface area contributed by atoms with Crippen LogP contribution in [0.2, 0.25) is 0 Å². The van der Waals surface area contributed by atoms with E-state index in [9.17, 15) is 10.3 Å². The summed E-state index contributed by atoms with van der Waals surface area (Å²) in [6, 6.07) is 4.38. The number of hydroxylamine groups is 1. The topological polar surface area (TPSA) is 73.8 Å². The van der Waals surface area contributed by atoms with E-state index in [1.165, 1.54) is 16.0 Å². The first-order chi connectivity index (χ1) is 13.1. The van der Waals surface area contributed by atoms with Crippen LogP contribution in [0.1, 0.15) is 52.2 Å². The predicted molar refractivity (Wildman–Crippen MR) is 117 cm³/mol. The lowest BCUT2D eigenvalue weighted by Gasteiger charge is -2.37. The molecule has 28 heavy (non-hydrogen) atoms. The van der Waals surface area contributed by atoms with Crippen LogP contribution >= 0.6 is 21.6 Å². The van der Waals surface area contributed by atoms with Crippen LogP contribution in [0.25, 0.3) is 0 Å². The van der Waals surface area contributed by atoms with Crippen molar-refractivity contribution >= 4 is 21.6 Å². The summed E-state index contributed by atoms with van der Waals surface area (Å²) in [7, 11) is 3.70. The molecule has 0 saturated carbocycles. The van der Waals surface area contributed by atoms with Gasteiger partial charge in [0.1, 0.15) is 18.0 Å². The van der Waals surface area contributed by atoms with Crippen molar-refractivity contribution in [1.29, 1.82) is 0 Å². The zero-order chi connectivity index (χ0) is 20.5. The van der Waals surface area contributed by atoms with Gasteiger partial charge in [-0.05, 0) is 61.4 Å². The van der Waals surface area contributed by atoms with Crippen LogP contribution in [0.5, 0.6) is 5.75 Å². The van der Waals surface area contributed by atoms with E-state index in [1.807, 2.05) is 35.4 Å². The summed E-state index contributed by atoms with van der Waals surface area (Å²) in [6.07, 6.45) is 0.865. The Labute approximate surface area is 176 Å². The van der Waals surface area contributed by atoms with E-state index in [0.717, 1.165) is 30.9 Å². The van der Waals surface area contributed by atoms with E-state index in [1.54, 1.807) is 0 Å². The molecular formula is C21H34N2O3S2. The van der Waals surface area contributed by atoms with E-state index >= 15 is 0 Å². The van der Waals surface area contributed by atoms with Crippen LogP contribution in [-0.4, -0.2) is 41.2 Å². The van der Waals surface area contributed by atoms with Crippen LogP contribution in [0.4, 0.5) is 0 Å². The summed E-state index contributed by atoms with van der Waals surface area (Å²) in [5.41, 5.74) is 4.73. The van der Waals surface area contributed by atoms with Gasteiger partial charge in [0.15, 0.2) is 0 Å². The first-order valence-electron chi connectivity index (χ1n) is 10.0. The van der Waals surface area contributed by atoms with E-state index in [-0.39, 0.29) is 17.1 Å². The van der Waals surface area contributed by atoms with Crippen molar-refractivity contribution in [2.24, 2.45) is 11.3 Å². The molecule has 0 spiro atoms. The van der Waals surface area contributed by atoms with Gasteiger partial charge in [-0.2, -0.15) is 0 Å². The van der Waals surface area contributed by atoms with Gasteiger partial charge in [0.25, 0.3) is 0 Å². The van der Waals surface area contributed by atoms with Gasteiger partial charge < -0.3 is 20.4 Å². The molecule has 0 bridgehead atoms. The molecule has 1 aromatic carbocycles. The van der Waals surface area contributed by atoms with Gasteiger partial charge in [-0.3, -0.25) is 0 Å². The predicted octanol–water partition coefficient (Wildman–Crippen LogP) is 4.00.